The van der Waals surface area contributed by atoms with Gasteiger partial charge >= 0.3 is 0 Å². The van der Waals surface area contributed by atoms with Crippen LogP contribution in [0, 0.1) is 0 Å². The van der Waals surface area contributed by atoms with Gasteiger partial charge in [-0.15, -0.1) is 0 Å². The molecule has 0 atom stereocenters. The number of benzene rings is 1. The molecule has 152 valence electrons. The zero-order valence-corrected chi connectivity index (χ0v) is 16.2. The van der Waals surface area contributed by atoms with E-state index in [0.717, 1.165) is 5.69 Å². The number of rotatable bonds is 4. The zero-order valence-electron chi connectivity index (χ0n) is 16.2. The van der Waals surface area contributed by atoms with Gasteiger partial charge in [-0.05, 0) is 24.3 Å². The van der Waals surface area contributed by atoms with Crippen LogP contribution in [0.5, 0.6) is 0 Å². The highest BCUT2D eigenvalue weighted by molar-refractivity contribution is 5.93. The molecule has 0 aliphatic carbocycles. The summed E-state index contributed by atoms with van der Waals surface area (Å²) < 4.78 is 11.4. The van der Waals surface area contributed by atoms with Crippen LogP contribution in [0.15, 0.2) is 36.7 Å². The average molecular weight is 397 g/mol. The second-order valence-electron chi connectivity index (χ2n) is 7.08. The number of amides is 2. The largest absolute Gasteiger partial charge is 0.347 e. The van der Waals surface area contributed by atoms with E-state index in [-0.39, 0.29) is 11.8 Å². The number of carbonyl (C=O) groups excluding carboxylic acids is 2. The first-order valence-electron chi connectivity index (χ1n) is 9.57. The summed E-state index contributed by atoms with van der Waals surface area (Å²) in [4.78, 5) is 34.0. The third kappa shape index (κ3) is 4.52. The van der Waals surface area contributed by atoms with Crippen LogP contribution in [-0.2, 0) is 14.3 Å². The number of piperidine rings is 1. The van der Waals surface area contributed by atoms with Gasteiger partial charge < -0.3 is 25.0 Å². The third-order valence-electron chi connectivity index (χ3n) is 4.99. The van der Waals surface area contributed by atoms with Crippen LogP contribution < -0.4 is 10.6 Å². The molecule has 0 unspecified atom stereocenters. The van der Waals surface area contributed by atoms with Crippen molar-refractivity contribution in [2.45, 2.75) is 25.6 Å². The van der Waals surface area contributed by atoms with Gasteiger partial charge in [0.15, 0.2) is 5.79 Å². The van der Waals surface area contributed by atoms with Crippen molar-refractivity contribution in [3.05, 3.63) is 42.2 Å². The molecule has 3 heterocycles. The Kier molecular flexibility index (Phi) is 5.41. The molecule has 1 aromatic carbocycles. The Morgan fingerprint density at radius 1 is 1.00 bits per heavy atom. The highest BCUT2D eigenvalue weighted by Gasteiger charge is 2.40. The van der Waals surface area contributed by atoms with Crippen molar-refractivity contribution >= 4 is 29.1 Å². The highest BCUT2D eigenvalue weighted by Crippen LogP contribution is 2.31. The molecule has 9 nitrogen and oxygen atoms in total. The number of ether oxygens (including phenoxy) is 2. The fourth-order valence-corrected chi connectivity index (χ4v) is 3.49. The van der Waals surface area contributed by atoms with E-state index in [1.54, 1.807) is 17.0 Å². The molecule has 2 saturated heterocycles. The van der Waals surface area contributed by atoms with E-state index < -0.39 is 5.79 Å². The normalized spacial score (nSPS) is 17.9. The number of aromatic nitrogens is 2. The van der Waals surface area contributed by atoms with E-state index >= 15 is 0 Å². The van der Waals surface area contributed by atoms with Gasteiger partial charge in [-0.2, -0.15) is 0 Å². The first kappa shape index (κ1) is 19.3. The van der Waals surface area contributed by atoms with Crippen molar-refractivity contribution in [3.8, 4) is 0 Å². The third-order valence-corrected chi connectivity index (χ3v) is 4.99. The summed E-state index contributed by atoms with van der Waals surface area (Å²) in [5.74, 6) is -0.332. The van der Waals surface area contributed by atoms with Crippen molar-refractivity contribution in [1.29, 1.82) is 0 Å². The SMILES string of the molecule is CC(=O)Nc1ccc(Nc2ncc(C(=O)N3CCC4(CC3)OCCO4)cn2)cc1. The standard InChI is InChI=1S/C20H23N5O4/c1-14(26)23-16-2-4-17(5-3-16)24-19-21-12-15(13-22-19)18(27)25-8-6-20(7-9-25)28-10-11-29-20/h2-5,12-13H,6-11H2,1H3,(H,23,26)(H,21,22,24). The Hall–Kier alpha value is -3.04. The summed E-state index contributed by atoms with van der Waals surface area (Å²) in [6, 6.07) is 7.18. The Morgan fingerprint density at radius 2 is 1.59 bits per heavy atom. The number of carbonyl (C=O) groups is 2. The molecule has 2 fully saturated rings. The number of likely N-dealkylation sites (tertiary alicyclic amines) is 1. The molecule has 0 radical (unpaired) electrons. The highest BCUT2D eigenvalue weighted by atomic mass is 16.7. The average Bonchev–Trinajstić information content (AvgIpc) is 3.18. The number of anilines is 3. The summed E-state index contributed by atoms with van der Waals surface area (Å²) in [5.41, 5.74) is 1.93. The summed E-state index contributed by atoms with van der Waals surface area (Å²) in [7, 11) is 0. The molecular formula is C20H23N5O4. The van der Waals surface area contributed by atoms with Crippen LogP contribution in [0.1, 0.15) is 30.1 Å². The predicted octanol–water partition coefficient (Wildman–Crippen LogP) is 2.16. The Balaban J connectivity index is 1.34. The maximum atomic E-state index is 12.7. The van der Waals surface area contributed by atoms with Crippen molar-refractivity contribution in [2.75, 3.05) is 36.9 Å². The minimum atomic E-state index is -0.503. The first-order valence-corrected chi connectivity index (χ1v) is 9.57. The lowest BCUT2D eigenvalue weighted by molar-refractivity contribution is -0.181. The molecule has 2 amide bonds. The summed E-state index contributed by atoms with van der Waals surface area (Å²) >= 11 is 0. The summed E-state index contributed by atoms with van der Waals surface area (Å²) in [6.07, 6.45) is 4.40. The molecule has 2 aliphatic rings. The van der Waals surface area contributed by atoms with E-state index in [2.05, 4.69) is 20.6 Å². The molecule has 4 rings (SSSR count). The Morgan fingerprint density at radius 3 is 2.17 bits per heavy atom. The van der Waals surface area contributed by atoms with E-state index in [0.29, 0.717) is 56.3 Å². The molecule has 2 aromatic rings. The van der Waals surface area contributed by atoms with Crippen molar-refractivity contribution in [3.63, 3.8) is 0 Å². The summed E-state index contributed by atoms with van der Waals surface area (Å²) in [5, 5.41) is 5.78. The van der Waals surface area contributed by atoms with E-state index in [1.165, 1.54) is 19.3 Å². The first-order chi connectivity index (χ1) is 14.0. The second-order valence-corrected chi connectivity index (χ2v) is 7.08. The molecule has 9 heteroatoms. The number of hydrogen-bond donors (Lipinski definition) is 2. The minimum Gasteiger partial charge on any atom is -0.347 e. The van der Waals surface area contributed by atoms with Crippen molar-refractivity contribution in [2.24, 2.45) is 0 Å². The number of nitrogens with zero attached hydrogens (tertiary/aromatic N) is 3. The van der Waals surface area contributed by atoms with E-state index in [9.17, 15) is 9.59 Å². The summed E-state index contributed by atoms with van der Waals surface area (Å²) in [6.45, 7) is 3.86. The van der Waals surface area contributed by atoms with Gasteiger partial charge in [0.25, 0.3) is 5.91 Å². The zero-order chi connectivity index (χ0) is 20.3. The fraction of sp³-hybridized carbons (Fsp3) is 0.400. The van der Waals surface area contributed by atoms with Gasteiger partial charge in [-0.25, -0.2) is 9.97 Å². The van der Waals surface area contributed by atoms with Crippen molar-refractivity contribution in [1.82, 2.24) is 14.9 Å². The van der Waals surface area contributed by atoms with Gasteiger partial charge in [0, 0.05) is 56.6 Å². The molecular weight excluding hydrogens is 374 g/mol. The van der Waals surface area contributed by atoms with E-state index in [4.69, 9.17) is 9.47 Å². The molecule has 29 heavy (non-hydrogen) atoms. The van der Waals surface area contributed by atoms with Crippen molar-refractivity contribution < 1.29 is 19.1 Å². The van der Waals surface area contributed by atoms with Crippen LogP contribution in [0.2, 0.25) is 0 Å². The van der Waals surface area contributed by atoms with Gasteiger partial charge in [0.1, 0.15) is 0 Å². The number of nitrogens with one attached hydrogen (secondary N) is 2. The van der Waals surface area contributed by atoms with Gasteiger partial charge in [-0.3, -0.25) is 9.59 Å². The molecule has 1 spiro atoms. The minimum absolute atomic E-state index is 0.0935. The molecule has 0 bridgehead atoms. The quantitative estimate of drug-likeness (QED) is 0.814. The van der Waals surface area contributed by atoms with Crippen LogP contribution in [0.25, 0.3) is 0 Å². The molecule has 1 aromatic heterocycles. The van der Waals surface area contributed by atoms with Crippen LogP contribution in [0.3, 0.4) is 0 Å². The topological polar surface area (TPSA) is 106 Å². The molecule has 0 saturated carbocycles. The lowest BCUT2D eigenvalue weighted by Crippen LogP contribution is -2.47. The fourth-order valence-electron chi connectivity index (χ4n) is 3.49. The van der Waals surface area contributed by atoms with Crippen LogP contribution in [0.4, 0.5) is 17.3 Å². The molecule has 2 aliphatic heterocycles. The van der Waals surface area contributed by atoms with Gasteiger partial charge in [0.2, 0.25) is 11.9 Å². The van der Waals surface area contributed by atoms with Crippen LogP contribution >= 0.6 is 0 Å². The van der Waals surface area contributed by atoms with Crippen LogP contribution in [-0.4, -0.2) is 58.8 Å². The Labute approximate surface area is 168 Å². The predicted molar refractivity (Wildman–Crippen MR) is 106 cm³/mol. The lowest BCUT2D eigenvalue weighted by Gasteiger charge is -2.37. The monoisotopic (exact) mass is 397 g/mol. The molecule has 2 N–H and O–H groups in total. The van der Waals surface area contributed by atoms with Gasteiger partial charge in [-0.1, -0.05) is 0 Å². The maximum Gasteiger partial charge on any atom is 0.256 e. The second kappa shape index (κ2) is 8.14. The lowest BCUT2D eigenvalue weighted by atomic mass is 10.0. The van der Waals surface area contributed by atoms with Gasteiger partial charge in [0.05, 0.1) is 18.8 Å². The number of hydrogen-bond acceptors (Lipinski definition) is 7. The maximum absolute atomic E-state index is 12.7. The smallest absolute Gasteiger partial charge is 0.256 e. The van der Waals surface area contributed by atoms with E-state index in [1.807, 2.05) is 12.1 Å². The Bertz CT molecular complexity index is 869.